The molecule has 1 amide bonds. The van der Waals surface area contributed by atoms with Crippen LogP contribution in [0.3, 0.4) is 0 Å². The first-order valence-corrected chi connectivity index (χ1v) is 8.79. The highest BCUT2D eigenvalue weighted by molar-refractivity contribution is 7.13. The lowest BCUT2D eigenvalue weighted by Gasteiger charge is -2.26. The average Bonchev–Trinajstić information content (AvgIpc) is 3.09. The van der Waals surface area contributed by atoms with Crippen molar-refractivity contribution >= 4 is 33.5 Å². The Balaban J connectivity index is 1.67. The lowest BCUT2D eigenvalue weighted by molar-refractivity contribution is 0.0525. The average molecular weight is 333 g/mol. The molecule has 6 heteroatoms. The summed E-state index contributed by atoms with van der Waals surface area (Å²) in [5.41, 5.74) is -0.468. The number of anilines is 1. The van der Waals surface area contributed by atoms with Crippen LogP contribution < -0.4 is 10.2 Å². The maximum atomic E-state index is 11.9. The Morgan fingerprint density at radius 2 is 2.22 bits per heavy atom. The van der Waals surface area contributed by atoms with Crippen molar-refractivity contribution in [2.24, 2.45) is 0 Å². The Kier molecular flexibility index (Phi) is 4.43. The van der Waals surface area contributed by atoms with E-state index < -0.39 is 5.60 Å². The third-order valence-electron chi connectivity index (χ3n) is 3.89. The predicted octanol–water partition coefficient (Wildman–Crippen LogP) is 3.79. The highest BCUT2D eigenvalue weighted by Crippen LogP contribution is 2.33. The number of fused-ring (bicyclic) bond motifs is 1. The van der Waals surface area contributed by atoms with Crippen LogP contribution in [0, 0.1) is 0 Å². The standard InChI is InChI=1S/C17H23N3O2S/c1-17(2,3)22-16(21)18-11-12-7-6-10-20(12)15-13-8-4-5-9-14(13)23-19-15/h4-5,8-9,12H,6-7,10-11H2,1-3H3,(H,18,21). The van der Waals surface area contributed by atoms with Crippen LogP contribution in [-0.2, 0) is 4.74 Å². The van der Waals surface area contributed by atoms with Gasteiger partial charge in [-0.3, -0.25) is 0 Å². The molecule has 1 atom stereocenters. The summed E-state index contributed by atoms with van der Waals surface area (Å²) in [6.45, 7) is 7.18. The fourth-order valence-corrected chi connectivity index (χ4v) is 3.71. The lowest BCUT2D eigenvalue weighted by Crippen LogP contribution is -2.42. The van der Waals surface area contributed by atoms with E-state index in [4.69, 9.17) is 4.74 Å². The van der Waals surface area contributed by atoms with Crippen LogP contribution in [0.2, 0.25) is 0 Å². The summed E-state index contributed by atoms with van der Waals surface area (Å²) >= 11 is 1.53. The molecular weight excluding hydrogens is 310 g/mol. The van der Waals surface area contributed by atoms with Crippen molar-refractivity contribution in [3.05, 3.63) is 24.3 Å². The van der Waals surface area contributed by atoms with Crippen molar-refractivity contribution in [3.63, 3.8) is 0 Å². The molecule has 5 nitrogen and oxygen atoms in total. The van der Waals surface area contributed by atoms with Crippen molar-refractivity contribution < 1.29 is 9.53 Å². The second-order valence-electron chi connectivity index (χ2n) is 6.87. The number of amides is 1. The zero-order valence-electron chi connectivity index (χ0n) is 13.8. The van der Waals surface area contributed by atoms with Crippen LogP contribution >= 0.6 is 11.5 Å². The van der Waals surface area contributed by atoms with Gasteiger partial charge < -0.3 is 15.0 Å². The molecule has 0 radical (unpaired) electrons. The molecule has 1 saturated heterocycles. The van der Waals surface area contributed by atoms with E-state index in [-0.39, 0.29) is 12.1 Å². The molecule has 3 rings (SSSR count). The quantitative estimate of drug-likeness (QED) is 0.928. The molecule has 0 spiro atoms. The van der Waals surface area contributed by atoms with Crippen LogP contribution in [0.5, 0.6) is 0 Å². The van der Waals surface area contributed by atoms with Gasteiger partial charge in [-0.25, -0.2) is 4.79 Å². The molecule has 1 fully saturated rings. The van der Waals surface area contributed by atoms with Gasteiger partial charge in [0.15, 0.2) is 0 Å². The molecule has 0 saturated carbocycles. The predicted molar refractivity (Wildman–Crippen MR) is 94.2 cm³/mol. The van der Waals surface area contributed by atoms with E-state index in [1.807, 2.05) is 32.9 Å². The van der Waals surface area contributed by atoms with Gasteiger partial charge in [-0.15, -0.1) is 0 Å². The van der Waals surface area contributed by atoms with Gasteiger partial charge in [-0.1, -0.05) is 12.1 Å². The number of benzene rings is 1. The summed E-state index contributed by atoms with van der Waals surface area (Å²) < 4.78 is 11.2. The van der Waals surface area contributed by atoms with E-state index in [2.05, 4.69) is 26.7 Å². The number of hydrogen-bond acceptors (Lipinski definition) is 5. The summed E-state index contributed by atoms with van der Waals surface area (Å²) in [7, 11) is 0. The van der Waals surface area contributed by atoms with Crippen molar-refractivity contribution in [2.75, 3.05) is 18.0 Å². The van der Waals surface area contributed by atoms with Crippen molar-refractivity contribution in [1.29, 1.82) is 0 Å². The number of nitrogens with zero attached hydrogens (tertiary/aromatic N) is 2. The Morgan fingerprint density at radius 3 is 3.00 bits per heavy atom. The lowest BCUT2D eigenvalue weighted by atomic mass is 10.2. The van der Waals surface area contributed by atoms with Crippen LogP contribution in [0.1, 0.15) is 33.6 Å². The van der Waals surface area contributed by atoms with Crippen LogP contribution in [0.4, 0.5) is 10.6 Å². The van der Waals surface area contributed by atoms with Gasteiger partial charge in [0, 0.05) is 24.5 Å². The first-order valence-electron chi connectivity index (χ1n) is 8.02. The minimum atomic E-state index is -0.468. The fraction of sp³-hybridized carbons (Fsp3) is 0.529. The number of rotatable bonds is 3. The Labute approximate surface area is 140 Å². The first kappa shape index (κ1) is 16.1. The topological polar surface area (TPSA) is 54.5 Å². The van der Waals surface area contributed by atoms with Gasteiger partial charge >= 0.3 is 6.09 Å². The first-order chi connectivity index (χ1) is 10.9. The molecule has 1 aromatic heterocycles. The third-order valence-corrected chi connectivity index (χ3v) is 4.71. The third kappa shape index (κ3) is 3.75. The van der Waals surface area contributed by atoms with Crippen LogP contribution in [0.15, 0.2) is 24.3 Å². The van der Waals surface area contributed by atoms with E-state index in [1.54, 1.807) is 0 Å². The molecule has 2 heterocycles. The maximum Gasteiger partial charge on any atom is 0.407 e. The maximum absolute atomic E-state index is 11.9. The summed E-state index contributed by atoms with van der Waals surface area (Å²) in [4.78, 5) is 14.2. The molecule has 23 heavy (non-hydrogen) atoms. The van der Waals surface area contributed by atoms with Crippen LogP contribution in [-0.4, -0.2) is 35.2 Å². The van der Waals surface area contributed by atoms with Gasteiger partial charge in [-0.05, 0) is 57.3 Å². The summed E-state index contributed by atoms with van der Waals surface area (Å²) in [6.07, 6.45) is 1.82. The normalized spacial score (nSPS) is 18.4. The minimum absolute atomic E-state index is 0.271. The zero-order valence-corrected chi connectivity index (χ0v) is 14.7. The highest BCUT2D eigenvalue weighted by Gasteiger charge is 2.28. The number of aromatic nitrogens is 1. The van der Waals surface area contributed by atoms with Gasteiger partial charge in [0.25, 0.3) is 0 Å². The van der Waals surface area contributed by atoms with Crippen molar-refractivity contribution in [3.8, 4) is 0 Å². The van der Waals surface area contributed by atoms with Crippen molar-refractivity contribution in [2.45, 2.75) is 45.3 Å². The summed E-state index contributed by atoms with van der Waals surface area (Å²) in [5.74, 6) is 1.04. The molecule has 124 valence electrons. The number of ether oxygens (including phenoxy) is 1. The molecule has 1 N–H and O–H groups in total. The molecule has 2 aromatic rings. The van der Waals surface area contributed by atoms with Gasteiger partial charge in [0.1, 0.15) is 11.4 Å². The Hall–Kier alpha value is -1.82. The van der Waals surface area contributed by atoms with E-state index in [0.717, 1.165) is 25.2 Å². The molecule has 1 unspecified atom stereocenters. The summed E-state index contributed by atoms with van der Waals surface area (Å²) in [5, 5.41) is 4.09. The Morgan fingerprint density at radius 1 is 1.43 bits per heavy atom. The molecule has 1 aliphatic rings. The number of carbonyl (C=O) groups is 1. The number of alkyl carbamates (subject to hydrolysis) is 1. The SMILES string of the molecule is CC(C)(C)OC(=O)NCC1CCCN1c1nsc2ccccc12. The second kappa shape index (κ2) is 6.35. The van der Waals surface area contributed by atoms with Gasteiger partial charge in [-0.2, -0.15) is 4.37 Å². The fourth-order valence-electron chi connectivity index (χ4n) is 2.92. The number of hydrogen-bond donors (Lipinski definition) is 1. The van der Waals surface area contributed by atoms with E-state index in [0.29, 0.717) is 6.54 Å². The van der Waals surface area contributed by atoms with Gasteiger partial charge in [0.2, 0.25) is 0 Å². The number of carbonyl (C=O) groups excluding carboxylic acids is 1. The Bertz CT molecular complexity index is 692. The molecular formula is C17H23N3O2S. The largest absolute Gasteiger partial charge is 0.444 e. The summed E-state index contributed by atoms with van der Waals surface area (Å²) in [6, 6.07) is 8.57. The monoisotopic (exact) mass is 333 g/mol. The molecule has 1 aliphatic heterocycles. The van der Waals surface area contributed by atoms with Crippen molar-refractivity contribution in [1.82, 2.24) is 9.69 Å². The molecule has 1 aromatic carbocycles. The molecule has 0 aliphatic carbocycles. The van der Waals surface area contributed by atoms with Gasteiger partial charge in [0.05, 0.1) is 4.70 Å². The highest BCUT2D eigenvalue weighted by atomic mass is 32.1. The number of nitrogens with one attached hydrogen (secondary N) is 1. The van der Waals surface area contributed by atoms with E-state index >= 15 is 0 Å². The molecule has 0 bridgehead atoms. The van der Waals surface area contributed by atoms with E-state index in [1.165, 1.54) is 21.6 Å². The van der Waals surface area contributed by atoms with Crippen LogP contribution in [0.25, 0.3) is 10.1 Å². The minimum Gasteiger partial charge on any atom is -0.444 e. The second-order valence-corrected chi connectivity index (χ2v) is 7.68. The smallest absolute Gasteiger partial charge is 0.407 e. The van der Waals surface area contributed by atoms with E-state index in [9.17, 15) is 4.79 Å². The zero-order chi connectivity index (χ0) is 16.4.